The Bertz CT molecular complexity index is 677. The average Bonchev–Trinajstić information content (AvgIpc) is 2.84. The standard InChI is InChI=1S/C13H12O16S4/c14-5(9(18)26-30)22-1-13(2-23-6(15)10(19)27-31,3-24-7(16)11(20)28-32)4-25-8(17)12(21)29-33/h30-33H,1-4H2. The molecule has 16 nitrogen and oxygen atoms in total. The smallest absolute Gasteiger partial charge is 0.429 e. The molecule has 33 heavy (non-hydrogen) atoms. The quantitative estimate of drug-likeness (QED) is 0.0820. The van der Waals surface area contributed by atoms with Crippen molar-refractivity contribution >= 4 is 99.4 Å². The first-order valence-corrected chi connectivity index (χ1v) is 9.03. The SMILES string of the molecule is O=C(OS)C(=O)OCC(COC(=O)C(=O)OS)(COC(=O)C(=O)OS)COC(=O)C(=O)OS. The molecule has 0 aromatic rings. The molecule has 20 heteroatoms. The van der Waals surface area contributed by atoms with Crippen LogP contribution in [0.4, 0.5) is 0 Å². The third-order valence-corrected chi connectivity index (χ3v) is 3.70. The molecule has 184 valence electrons. The van der Waals surface area contributed by atoms with Gasteiger partial charge in [0.25, 0.3) is 0 Å². The summed E-state index contributed by atoms with van der Waals surface area (Å²) in [5.74, 6) is -13.1. The normalized spacial score (nSPS) is 10.1. The summed E-state index contributed by atoms with van der Waals surface area (Å²) in [7, 11) is 0. The topological polar surface area (TPSA) is 210 Å². The van der Waals surface area contributed by atoms with Gasteiger partial charge in [0.1, 0.15) is 31.8 Å². The molecule has 0 fully saturated rings. The average molecular weight is 552 g/mol. The maximum absolute atomic E-state index is 11.6. The first kappa shape index (κ1) is 30.2. The number of hydrogen-bond donors (Lipinski definition) is 4. The number of carbonyl (C=O) groups excluding carboxylic acids is 8. The summed E-state index contributed by atoms with van der Waals surface area (Å²) >= 11 is 12.4. The minimum Gasteiger partial charge on any atom is -0.456 e. The van der Waals surface area contributed by atoms with Gasteiger partial charge in [-0.3, -0.25) is 0 Å². The molecule has 0 rings (SSSR count). The van der Waals surface area contributed by atoms with Crippen molar-refractivity contribution in [3.05, 3.63) is 0 Å². The zero-order chi connectivity index (χ0) is 25.6. The predicted molar refractivity (Wildman–Crippen MR) is 107 cm³/mol. The molecule has 0 aliphatic heterocycles. The molecular weight excluding hydrogens is 540 g/mol. The van der Waals surface area contributed by atoms with Crippen LogP contribution < -0.4 is 0 Å². The van der Waals surface area contributed by atoms with Gasteiger partial charge in [0.2, 0.25) is 0 Å². The third-order valence-electron chi connectivity index (χ3n) is 3.04. The minimum atomic E-state index is -2.14. The zero-order valence-electron chi connectivity index (χ0n) is 15.6. The van der Waals surface area contributed by atoms with Gasteiger partial charge in [-0.25, -0.2) is 38.4 Å². The van der Waals surface area contributed by atoms with Crippen molar-refractivity contribution in [1.82, 2.24) is 0 Å². The number of ether oxygens (including phenoxy) is 4. The van der Waals surface area contributed by atoms with E-state index >= 15 is 0 Å². The lowest BCUT2D eigenvalue weighted by molar-refractivity contribution is -0.182. The van der Waals surface area contributed by atoms with E-state index in [1.54, 1.807) is 0 Å². The van der Waals surface area contributed by atoms with E-state index in [1.807, 2.05) is 0 Å². The van der Waals surface area contributed by atoms with E-state index in [0.717, 1.165) is 0 Å². The van der Waals surface area contributed by atoms with Gasteiger partial charge in [-0.15, -0.1) is 0 Å². The van der Waals surface area contributed by atoms with Crippen molar-refractivity contribution in [2.75, 3.05) is 26.4 Å². The number of carbonyl (C=O) groups is 8. The van der Waals surface area contributed by atoms with Crippen molar-refractivity contribution in [2.45, 2.75) is 0 Å². The Hall–Kier alpha value is -2.84. The van der Waals surface area contributed by atoms with Gasteiger partial charge in [-0.1, -0.05) is 0 Å². The van der Waals surface area contributed by atoms with Crippen LogP contribution in [-0.2, 0) is 74.0 Å². The predicted octanol–water partition coefficient (Wildman–Crippen LogP) is -2.30. The molecular formula is C13H12O16S4. The summed E-state index contributed by atoms with van der Waals surface area (Å²) < 4.78 is 33.7. The summed E-state index contributed by atoms with van der Waals surface area (Å²) in [5.41, 5.74) is -2.14. The van der Waals surface area contributed by atoms with Crippen molar-refractivity contribution < 1.29 is 74.0 Å². The summed E-state index contributed by atoms with van der Waals surface area (Å²) in [4.78, 5) is 91.0. The second-order valence-electron chi connectivity index (χ2n) is 5.32. The molecule has 0 amide bonds. The first-order valence-electron chi connectivity index (χ1n) is 7.57. The number of thiol groups is 4. The van der Waals surface area contributed by atoms with Gasteiger partial charge in [0, 0.05) is 51.6 Å². The molecule has 0 N–H and O–H groups in total. The molecule has 0 saturated heterocycles. The Labute approximate surface area is 205 Å². The summed E-state index contributed by atoms with van der Waals surface area (Å²) in [6.07, 6.45) is 0. The number of rotatable bonds is 8. The van der Waals surface area contributed by atoms with E-state index in [0.29, 0.717) is 0 Å². The largest absolute Gasteiger partial charge is 0.456 e. The molecule has 0 saturated carbocycles. The highest BCUT2D eigenvalue weighted by Crippen LogP contribution is 2.22. The van der Waals surface area contributed by atoms with Crippen LogP contribution in [0.1, 0.15) is 0 Å². The molecule has 0 aromatic carbocycles. The van der Waals surface area contributed by atoms with Gasteiger partial charge in [-0.05, 0) is 0 Å². The van der Waals surface area contributed by atoms with E-state index in [1.165, 1.54) is 0 Å². The number of esters is 4. The molecule has 0 bridgehead atoms. The molecule has 0 spiro atoms. The first-order chi connectivity index (χ1) is 15.5. The van der Waals surface area contributed by atoms with Crippen molar-refractivity contribution in [1.29, 1.82) is 0 Å². The monoisotopic (exact) mass is 552 g/mol. The highest BCUT2D eigenvalue weighted by atomic mass is 32.1. The Morgan fingerprint density at radius 2 is 0.576 bits per heavy atom. The summed E-state index contributed by atoms with van der Waals surface area (Å²) in [6, 6.07) is 0. The summed E-state index contributed by atoms with van der Waals surface area (Å²) in [5, 5.41) is 0. The third kappa shape index (κ3) is 10.5. The maximum Gasteiger partial charge on any atom is 0.429 e. The lowest BCUT2D eigenvalue weighted by atomic mass is 9.92. The van der Waals surface area contributed by atoms with Crippen LogP contribution in [0, 0.1) is 5.41 Å². The van der Waals surface area contributed by atoms with E-state index in [2.05, 4.69) is 87.3 Å². The molecule has 0 aromatic heterocycles. The van der Waals surface area contributed by atoms with E-state index in [9.17, 15) is 38.4 Å². The molecule has 0 heterocycles. The highest BCUT2D eigenvalue weighted by molar-refractivity contribution is 7.76. The van der Waals surface area contributed by atoms with Crippen LogP contribution >= 0.6 is 51.6 Å². The second kappa shape index (κ2) is 15.1. The lowest BCUT2D eigenvalue weighted by Crippen LogP contribution is -2.45. The van der Waals surface area contributed by atoms with E-state index in [-0.39, 0.29) is 0 Å². The Kier molecular flexibility index (Phi) is 13.8. The fourth-order valence-corrected chi connectivity index (χ4v) is 1.81. The van der Waals surface area contributed by atoms with Gasteiger partial charge < -0.3 is 35.7 Å². The van der Waals surface area contributed by atoms with E-state index in [4.69, 9.17) is 0 Å². The van der Waals surface area contributed by atoms with Crippen LogP contribution in [0.3, 0.4) is 0 Å². The molecule has 0 aliphatic rings. The highest BCUT2D eigenvalue weighted by Gasteiger charge is 2.40. The van der Waals surface area contributed by atoms with Crippen LogP contribution in [0.2, 0.25) is 0 Å². The Morgan fingerprint density at radius 3 is 0.727 bits per heavy atom. The van der Waals surface area contributed by atoms with Crippen LogP contribution in [0.25, 0.3) is 0 Å². The summed E-state index contributed by atoms with van der Waals surface area (Å²) in [6.45, 7) is -4.26. The fourth-order valence-electron chi connectivity index (χ4n) is 1.51. The van der Waals surface area contributed by atoms with Crippen LogP contribution in [0.5, 0.6) is 0 Å². The Morgan fingerprint density at radius 1 is 0.394 bits per heavy atom. The zero-order valence-corrected chi connectivity index (χ0v) is 19.2. The van der Waals surface area contributed by atoms with Crippen molar-refractivity contribution in [3.8, 4) is 0 Å². The van der Waals surface area contributed by atoms with E-state index < -0.39 is 79.6 Å². The molecule has 0 radical (unpaired) electrons. The van der Waals surface area contributed by atoms with Crippen LogP contribution in [-0.4, -0.2) is 74.2 Å². The fraction of sp³-hybridized carbons (Fsp3) is 0.385. The molecule has 0 aliphatic carbocycles. The second-order valence-corrected chi connectivity index (χ2v) is 6.05. The maximum atomic E-state index is 11.6. The van der Waals surface area contributed by atoms with Crippen molar-refractivity contribution in [3.63, 3.8) is 0 Å². The van der Waals surface area contributed by atoms with Gasteiger partial charge >= 0.3 is 47.8 Å². The Balaban J connectivity index is 5.88. The van der Waals surface area contributed by atoms with Gasteiger partial charge in [0.15, 0.2) is 0 Å². The lowest BCUT2D eigenvalue weighted by Gasteiger charge is -2.30. The van der Waals surface area contributed by atoms with Crippen LogP contribution in [0.15, 0.2) is 0 Å². The number of hydrogen-bond acceptors (Lipinski definition) is 20. The van der Waals surface area contributed by atoms with Crippen molar-refractivity contribution in [2.24, 2.45) is 5.41 Å². The minimum absolute atomic E-state index is 1.07. The van der Waals surface area contributed by atoms with Gasteiger partial charge in [0.05, 0.1) is 0 Å². The van der Waals surface area contributed by atoms with Gasteiger partial charge in [-0.2, -0.15) is 0 Å². The molecule has 0 atom stereocenters. The molecule has 0 unspecified atom stereocenters.